The van der Waals surface area contributed by atoms with E-state index in [9.17, 15) is 0 Å². The first kappa shape index (κ1) is 13.3. The molecule has 0 N–H and O–H groups in total. The molecule has 4 atom stereocenters. The second-order valence-electron chi connectivity index (χ2n) is 5.14. The predicted octanol–water partition coefficient (Wildman–Crippen LogP) is 1.97. The Hall–Kier alpha value is -0.160. The van der Waals surface area contributed by atoms with Crippen molar-refractivity contribution < 1.29 is 18.9 Å². The third-order valence-electron chi connectivity index (χ3n) is 3.44. The summed E-state index contributed by atoms with van der Waals surface area (Å²) in [6.45, 7) is 4.43. The van der Waals surface area contributed by atoms with E-state index in [1.54, 1.807) is 7.11 Å². The lowest BCUT2D eigenvalue weighted by Crippen LogP contribution is -2.38. The van der Waals surface area contributed by atoms with Crippen molar-refractivity contribution in [1.29, 1.82) is 0 Å². The molecule has 0 aromatic heterocycles. The Labute approximate surface area is 104 Å². The first-order valence-electron chi connectivity index (χ1n) is 6.67. The fraction of sp³-hybridized carbons (Fsp3) is 1.00. The van der Waals surface area contributed by atoms with Crippen LogP contribution in [0.1, 0.15) is 32.6 Å². The molecule has 4 nitrogen and oxygen atoms in total. The van der Waals surface area contributed by atoms with Gasteiger partial charge in [-0.2, -0.15) is 0 Å². The van der Waals surface area contributed by atoms with Crippen LogP contribution < -0.4 is 0 Å². The summed E-state index contributed by atoms with van der Waals surface area (Å²) >= 11 is 0. The van der Waals surface area contributed by atoms with Gasteiger partial charge >= 0.3 is 0 Å². The van der Waals surface area contributed by atoms with Crippen LogP contribution in [0.4, 0.5) is 0 Å². The lowest BCUT2D eigenvalue weighted by molar-refractivity contribution is -0.216. The van der Waals surface area contributed by atoms with Crippen LogP contribution in [0.2, 0.25) is 0 Å². The molecule has 2 aliphatic heterocycles. The Morgan fingerprint density at radius 2 is 2.18 bits per heavy atom. The van der Waals surface area contributed by atoms with Gasteiger partial charge < -0.3 is 18.9 Å². The third kappa shape index (κ3) is 3.91. The van der Waals surface area contributed by atoms with Crippen LogP contribution in [0.15, 0.2) is 0 Å². The predicted molar refractivity (Wildman–Crippen MR) is 63.9 cm³/mol. The van der Waals surface area contributed by atoms with E-state index < -0.39 is 0 Å². The molecule has 0 bridgehead atoms. The Balaban J connectivity index is 1.82. The van der Waals surface area contributed by atoms with Crippen LogP contribution >= 0.6 is 0 Å². The average Bonchev–Trinajstić information content (AvgIpc) is 2.77. The van der Waals surface area contributed by atoms with Crippen molar-refractivity contribution in [2.24, 2.45) is 5.92 Å². The standard InChI is InChI=1S/C13H24O4/c1-10-7-11(16-8-10)12(9-14-2)17-13-5-3-4-6-15-13/h10-13H,3-9H2,1-2H3/t10-,11-,12+,13?/m0/s1. The molecule has 2 heterocycles. The summed E-state index contributed by atoms with van der Waals surface area (Å²) in [6.07, 6.45) is 4.48. The van der Waals surface area contributed by atoms with E-state index in [-0.39, 0.29) is 18.5 Å². The monoisotopic (exact) mass is 244 g/mol. The van der Waals surface area contributed by atoms with Crippen LogP contribution in [-0.2, 0) is 18.9 Å². The number of hydrogen-bond acceptors (Lipinski definition) is 4. The normalized spacial score (nSPS) is 36.0. The Morgan fingerprint density at radius 1 is 1.29 bits per heavy atom. The summed E-state index contributed by atoms with van der Waals surface area (Å²) in [5.41, 5.74) is 0. The summed E-state index contributed by atoms with van der Waals surface area (Å²) in [4.78, 5) is 0. The molecule has 0 amide bonds. The highest BCUT2D eigenvalue weighted by Gasteiger charge is 2.32. The third-order valence-corrected chi connectivity index (χ3v) is 3.44. The van der Waals surface area contributed by atoms with E-state index in [1.165, 1.54) is 6.42 Å². The largest absolute Gasteiger partial charge is 0.382 e. The summed E-state index contributed by atoms with van der Waals surface area (Å²) in [5, 5.41) is 0. The first-order valence-corrected chi connectivity index (χ1v) is 6.67. The number of ether oxygens (including phenoxy) is 4. The topological polar surface area (TPSA) is 36.9 Å². The van der Waals surface area contributed by atoms with Gasteiger partial charge in [0.1, 0.15) is 6.10 Å². The molecule has 0 radical (unpaired) electrons. The van der Waals surface area contributed by atoms with Crippen molar-refractivity contribution in [3.8, 4) is 0 Å². The fourth-order valence-electron chi connectivity index (χ4n) is 2.49. The molecule has 2 rings (SSSR count). The molecule has 1 unspecified atom stereocenters. The summed E-state index contributed by atoms with van der Waals surface area (Å²) in [6, 6.07) is 0. The molecule has 17 heavy (non-hydrogen) atoms. The average molecular weight is 244 g/mol. The van der Waals surface area contributed by atoms with Gasteiger partial charge in [0.15, 0.2) is 6.29 Å². The SMILES string of the molecule is COC[C@@H](OC1CCCCO1)[C@@H]1C[C@H](C)CO1. The zero-order chi connectivity index (χ0) is 12.1. The minimum Gasteiger partial charge on any atom is -0.382 e. The zero-order valence-corrected chi connectivity index (χ0v) is 10.9. The van der Waals surface area contributed by atoms with E-state index in [4.69, 9.17) is 18.9 Å². The molecule has 2 fully saturated rings. The molecule has 2 saturated heterocycles. The van der Waals surface area contributed by atoms with Crippen molar-refractivity contribution in [2.45, 2.75) is 51.1 Å². The molecule has 0 saturated carbocycles. The van der Waals surface area contributed by atoms with Crippen molar-refractivity contribution in [3.63, 3.8) is 0 Å². The smallest absolute Gasteiger partial charge is 0.158 e. The van der Waals surface area contributed by atoms with Crippen molar-refractivity contribution in [1.82, 2.24) is 0 Å². The zero-order valence-electron chi connectivity index (χ0n) is 10.9. The van der Waals surface area contributed by atoms with Crippen LogP contribution in [0.25, 0.3) is 0 Å². The lowest BCUT2D eigenvalue weighted by Gasteiger charge is -2.30. The van der Waals surface area contributed by atoms with Gasteiger partial charge in [0.2, 0.25) is 0 Å². The molecule has 0 aliphatic carbocycles. The van der Waals surface area contributed by atoms with Crippen molar-refractivity contribution in [3.05, 3.63) is 0 Å². The van der Waals surface area contributed by atoms with E-state index in [0.29, 0.717) is 12.5 Å². The quantitative estimate of drug-likeness (QED) is 0.741. The molecule has 100 valence electrons. The van der Waals surface area contributed by atoms with Crippen molar-refractivity contribution in [2.75, 3.05) is 26.9 Å². The highest BCUT2D eigenvalue weighted by molar-refractivity contribution is 4.79. The first-order chi connectivity index (χ1) is 8.29. The molecule has 0 spiro atoms. The maximum absolute atomic E-state index is 5.99. The number of rotatable bonds is 5. The van der Waals surface area contributed by atoms with Gasteiger partial charge in [-0.25, -0.2) is 0 Å². The summed E-state index contributed by atoms with van der Waals surface area (Å²) in [7, 11) is 1.70. The molecule has 0 aromatic carbocycles. The lowest BCUT2D eigenvalue weighted by atomic mass is 10.0. The van der Waals surface area contributed by atoms with Gasteiger partial charge in [0, 0.05) is 20.3 Å². The second-order valence-corrected chi connectivity index (χ2v) is 5.14. The van der Waals surface area contributed by atoms with E-state index in [0.717, 1.165) is 32.5 Å². The Morgan fingerprint density at radius 3 is 2.76 bits per heavy atom. The summed E-state index contributed by atoms with van der Waals surface area (Å²) in [5.74, 6) is 0.621. The van der Waals surface area contributed by atoms with E-state index >= 15 is 0 Å². The van der Waals surface area contributed by atoms with E-state index in [2.05, 4.69) is 6.92 Å². The van der Waals surface area contributed by atoms with Crippen LogP contribution in [-0.4, -0.2) is 45.4 Å². The maximum atomic E-state index is 5.99. The highest BCUT2D eigenvalue weighted by atomic mass is 16.7. The molecular formula is C13H24O4. The summed E-state index contributed by atoms with van der Waals surface area (Å²) < 4.78 is 22.6. The Kier molecular flexibility index (Phi) is 5.22. The van der Waals surface area contributed by atoms with Gasteiger partial charge in [-0.05, 0) is 31.6 Å². The maximum Gasteiger partial charge on any atom is 0.158 e. The highest BCUT2D eigenvalue weighted by Crippen LogP contribution is 2.25. The van der Waals surface area contributed by atoms with E-state index in [1.807, 2.05) is 0 Å². The Bertz CT molecular complexity index is 215. The minimum absolute atomic E-state index is 0.00745. The molecule has 4 heteroatoms. The van der Waals surface area contributed by atoms with Gasteiger partial charge in [0.25, 0.3) is 0 Å². The van der Waals surface area contributed by atoms with Crippen LogP contribution in [0.3, 0.4) is 0 Å². The van der Waals surface area contributed by atoms with Crippen LogP contribution in [0.5, 0.6) is 0 Å². The second kappa shape index (κ2) is 6.69. The molecule has 0 aromatic rings. The van der Waals surface area contributed by atoms with Crippen molar-refractivity contribution >= 4 is 0 Å². The van der Waals surface area contributed by atoms with Crippen LogP contribution in [0, 0.1) is 5.92 Å². The number of methoxy groups -OCH3 is 1. The number of hydrogen-bond donors (Lipinski definition) is 0. The molecule has 2 aliphatic rings. The molecular weight excluding hydrogens is 220 g/mol. The van der Waals surface area contributed by atoms with Gasteiger partial charge in [-0.15, -0.1) is 0 Å². The van der Waals surface area contributed by atoms with Gasteiger partial charge in [-0.3, -0.25) is 0 Å². The van der Waals surface area contributed by atoms with Gasteiger partial charge in [0.05, 0.1) is 12.7 Å². The minimum atomic E-state index is -0.0663. The fourth-order valence-corrected chi connectivity index (χ4v) is 2.49. The van der Waals surface area contributed by atoms with Gasteiger partial charge in [-0.1, -0.05) is 6.92 Å².